The Balaban J connectivity index is 0.00000729. The first-order valence-corrected chi connectivity index (χ1v) is 10.1. The van der Waals surface area contributed by atoms with Crippen LogP contribution in [0, 0.1) is 0 Å². The van der Waals surface area contributed by atoms with Gasteiger partial charge in [-0.15, -0.1) is 24.0 Å². The molecule has 1 aromatic carbocycles. The predicted octanol–water partition coefficient (Wildman–Crippen LogP) is 4.53. The van der Waals surface area contributed by atoms with Crippen molar-refractivity contribution in [2.24, 2.45) is 4.99 Å². The summed E-state index contributed by atoms with van der Waals surface area (Å²) in [5, 5.41) is 6.75. The summed E-state index contributed by atoms with van der Waals surface area (Å²) in [5.74, 6) is 2.36. The molecule has 6 nitrogen and oxygen atoms in total. The number of nitrogens with zero attached hydrogens (tertiary/aromatic N) is 1. The zero-order chi connectivity index (χ0) is 20.1. The molecule has 1 atom stereocenters. The fourth-order valence-electron chi connectivity index (χ4n) is 2.52. The summed E-state index contributed by atoms with van der Waals surface area (Å²) in [7, 11) is 0. The van der Waals surface area contributed by atoms with Crippen LogP contribution in [0.4, 0.5) is 0 Å². The van der Waals surface area contributed by atoms with E-state index < -0.39 is 0 Å². The first-order valence-electron chi connectivity index (χ1n) is 10.1. The second-order valence-electron chi connectivity index (χ2n) is 6.47. The third-order valence-corrected chi connectivity index (χ3v) is 3.79. The molecule has 0 aromatic heterocycles. The number of ether oxygens (including phenoxy) is 3. The maximum Gasteiger partial charge on any atom is 0.191 e. The van der Waals surface area contributed by atoms with Crippen molar-refractivity contribution in [1.29, 1.82) is 0 Å². The standard InChI is InChI=1S/C21H37N3O3.HI/c1-7-22-21(23-13-10-14-27-16(4)5)24-17(6)18-11-12-19(25-8-2)20(15-18)26-9-3;/h11-12,15-17H,7-10,13-14H2,1-6H3,(H2,22,23,24);1H. The summed E-state index contributed by atoms with van der Waals surface area (Å²) >= 11 is 0. The maximum atomic E-state index is 5.73. The van der Waals surface area contributed by atoms with E-state index in [1.54, 1.807) is 0 Å². The first kappa shape index (κ1) is 26.8. The fraction of sp³-hybridized carbons (Fsp3) is 0.667. The third-order valence-electron chi connectivity index (χ3n) is 3.79. The number of hydrogen-bond acceptors (Lipinski definition) is 4. The summed E-state index contributed by atoms with van der Waals surface area (Å²) < 4.78 is 16.9. The molecular formula is C21H38IN3O3. The first-order chi connectivity index (χ1) is 13.0. The van der Waals surface area contributed by atoms with E-state index in [0.717, 1.165) is 49.1 Å². The van der Waals surface area contributed by atoms with Gasteiger partial charge in [0, 0.05) is 19.7 Å². The molecule has 2 N–H and O–H groups in total. The average molecular weight is 507 g/mol. The van der Waals surface area contributed by atoms with Crippen LogP contribution >= 0.6 is 24.0 Å². The molecule has 0 aliphatic rings. The Labute approximate surface area is 187 Å². The molecule has 0 amide bonds. The number of nitrogens with one attached hydrogen (secondary N) is 2. The van der Waals surface area contributed by atoms with Gasteiger partial charge in [0.05, 0.1) is 25.4 Å². The van der Waals surface area contributed by atoms with Gasteiger partial charge in [-0.1, -0.05) is 6.07 Å². The number of rotatable bonds is 12. The minimum absolute atomic E-state index is 0. The molecule has 0 fully saturated rings. The van der Waals surface area contributed by atoms with Crippen molar-refractivity contribution in [3.63, 3.8) is 0 Å². The van der Waals surface area contributed by atoms with Gasteiger partial charge in [-0.2, -0.15) is 0 Å². The normalized spacial score (nSPS) is 12.3. The fourth-order valence-corrected chi connectivity index (χ4v) is 2.52. The number of aliphatic imine (C=N–C) groups is 1. The van der Waals surface area contributed by atoms with Gasteiger partial charge in [-0.25, -0.2) is 0 Å². The van der Waals surface area contributed by atoms with E-state index in [4.69, 9.17) is 14.2 Å². The van der Waals surface area contributed by atoms with Crippen LogP contribution in [0.3, 0.4) is 0 Å². The predicted molar refractivity (Wildman–Crippen MR) is 127 cm³/mol. The lowest BCUT2D eigenvalue weighted by molar-refractivity contribution is 0.0782. The molecule has 1 unspecified atom stereocenters. The SMILES string of the molecule is CCNC(=NCCCOC(C)C)NC(C)c1ccc(OCC)c(OCC)c1.I. The van der Waals surface area contributed by atoms with Crippen molar-refractivity contribution in [1.82, 2.24) is 10.6 Å². The van der Waals surface area contributed by atoms with Gasteiger partial charge in [-0.3, -0.25) is 4.99 Å². The van der Waals surface area contributed by atoms with Crippen LogP contribution in [0.2, 0.25) is 0 Å². The molecular weight excluding hydrogens is 469 g/mol. The quantitative estimate of drug-likeness (QED) is 0.188. The third kappa shape index (κ3) is 10.4. The van der Waals surface area contributed by atoms with Gasteiger partial charge in [0.25, 0.3) is 0 Å². The molecule has 1 aromatic rings. The molecule has 0 saturated carbocycles. The summed E-state index contributed by atoms with van der Waals surface area (Å²) in [6, 6.07) is 6.15. The van der Waals surface area contributed by atoms with Gasteiger partial charge in [-0.05, 0) is 65.7 Å². The Morgan fingerprint density at radius 1 is 1.04 bits per heavy atom. The number of hydrogen-bond donors (Lipinski definition) is 2. The largest absolute Gasteiger partial charge is 0.490 e. The second kappa shape index (κ2) is 15.7. The van der Waals surface area contributed by atoms with Crippen LogP contribution in [0.15, 0.2) is 23.2 Å². The molecule has 28 heavy (non-hydrogen) atoms. The number of benzene rings is 1. The second-order valence-corrected chi connectivity index (χ2v) is 6.47. The summed E-state index contributed by atoms with van der Waals surface area (Å²) in [6.45, 7) is 15.7. The molecule has 0 aliphatic heterocycles. The van der Waals surface area contributed by atoms with Gasteiger partial charge in [0.15, 0.2) is 17.5 Å². The van der Waals surface area contributed by atoms with Crippen LogP contribution in [0.25, 0.3) is 0 Å². The number of halogens is 1. The highest BCUT2D eigenvalue weighted by Gasteiger charge is 2.12. The van der Waals surface area contributed by atoms with E-state index in [1.165, 1.54) is 0 Å². The van der Waals surface area contributed by atoms with Gasteiger partial charge in [0.1, 0.15) is 0 Å². The lowest BCUT2D eigenvalue weighted by Crippen LogP contribution is -2.38. The highest BCUT2D eigenvalue weighted by Crippen LogP contribution is 2.30. The Morgan fingerprint density at radius 3 is 2.32 bits per heavy atom. The Bertz CT molecular complexity index is 568. The molecule has 0 heterocycles. The summed E-state index contributed by atoms with van der Waals surface area (Å²) in [4.78, 5) is 4.64. The highest BCUT2D eigenvalue weighted by molar-refractivity contribution is 14.0. The van der Waals surface area contributed by atoms with Crippen molar-refractivity contribution in [3.8, 4) is 11.5 Å². The maximum absolute atomic E-state index is 5.73. The van der Waals surface area contributed by atoms with Gasteiger partial charge in [0.2, 0.25) is 0 Å². The van der Waals surface area contributed by atoms with Gasteiger partial charge < -0.3 is 24.8 Å². The Kier molecular flexibility index (Phi) is 15.0. The van der Waals surface area contributed by atoms with E-state index >= 15 is 0 Å². The van der Waals surface area contributed by atoms with Crippen LogP contribution in [0.5, 0.6) is 11.5 Å². The van der Waals surface area contributed by atoms with E-state index in [0.29, 0.717) is 13.2 Å². The van der Waals surface area contributed by atoms with Crippen molar-refractivity contribution in [2.75, 3.05) is 32.9 Å². The van der Waals surface area contributed by atoms with Crippen LogP contribution < -0.4 is 20.1 Å². The highest BCUT2D eigenvalue weighted by atomic mass is 127. The zero-order valence-electron chi connectivity index (χ0n) is 18.2. The minimum Gasteiger partial charge on any atom is -0.490 e. The van der Waals surface area contributed by atoms with Crippen molar-refractivity contribution in [2.45, 2.75) is 60.1 Å². The average Bonchev–Trinajstić information content (AvgIpc) is 2.63. The van der Waals surface area contributed by atoms with Crippen LogP contribution in [-0.4, -0.2) is 45.0 Å². The monoisotopic (exact) mass is 507 g/mol. The lowest BCUT2D eigenvalue weighted by atomic mass is 10.1. The van der Waals surface area contributed by atoms with Gasteiger partial charge >= 0.3 is 0 Å². The molecule has 0 saturated heterocycles. The topological polar surface area (TPSA) is 64.1 Å². The minimum atomic E-state index is 0. The molecule has 162 valence electrons. The van der Waals surface area contributed by atoms with E-state index in [1.807, 2.05) is 39.8 Å². The molecule has 0 spiro atoms. The summed E-state index contributed by atoms with van der Waals surface area (Å²) in [5.41, 5.74) is 1.12. The molecule has 1 rings (SSSR count). The van der Waals surface area contributed by atoms with Crippen molar-refractivity contribution in [3.05, 3.63) is 23.8 Å². The number of guanidine groups is 1. The van der Waals surface area contributed by atoms with Crippen molar-refractivity contribution >= 4 is 29.9 Å². The molecule has 0 radical (unpaired) electrons. The molecule has 0 bridgehead atoms. The van der Waals surface area contributed by atoms with E-state index in [9.17, 15) is 0 Å². The van der Waals surface area contributed by atoms with Crippen molar-refractivity contribution < 1.29 is 14.2 Å². The van der Waals surface area contributed by atoms with E-state index in [2.05, 4.69) is 35.5 Å². The zero-order valence-corrected chi connectivity index (χ0v) is 20.5. The van der Waals surface area contributed by atoms with Crippen LogP contribution in [0.1, 0.15) is 59.6 Å². The Hall–Kier alpha value is -1.22. The summed E-state index contributed by atoms with van der Waals surface area (Å²) in [6.07, 6.45) is 1.17. The van der Waals surface area contributed by atoms with Crippen LogP contribution in [-0.2, 0) is 4.74 Å². The molecule has 0 aliphatic carbocycles. The smallest absolute Gasteiger partial charge is 0.191 e. The Morgan fingerprint density at radius 2 is 1.71 bits per heavy atom. The molecule has 7 heteroatoms. The lowest BCUT2D eigenvalue weighted by Gasteiger charge is -2.20. The van der Waals surface area contributed by atoms with E-state index in [-0.39, 0.29) is 36.1 Å².